The van der Waals surface area contributed by atoms with Crippen LogP contribution in [0.2, 0.25) is 0 Å². The Bertz CT molecular complexity index is 902. The maximum atomic E-state index is 12.5. The molecular formula is C19H16N2O5S. The zero-order chi connectivity index (χ0) is 18.8. The van der Waals surface area contributed by atoms with Crippen molar-refractivity contribution < 1.29 is 23.9 Å². The number of thioether (sulfide) groups is 1. The molecule has 0 spiro atoms. The SMILES string of the molecule is O=C(CS[C@@H]1CC(=O)N(c2ccccc2)C1=O)Nc1ccc2c(c1)OCO2. The molecule has 0 aliphatic carbocycles. The number of amides is 3. The van der Waals surface area contributed by atoms with Crippen molar-refractivity contribution in [3.63, 3.8) is 0 Å². The molecule has 2 heterocycles. The molecule has 138 valence electrons. The maximum Gasteiger partial charge on any atom is 0.247 e. The smallest absolute Gasteiger partial charge is 0.247 e. The van der Waals surface area contributed by atoms with Crippen molar-refractivity contribution in [2.75, 3.05) is 22.8 Å². The molecule has 1 N–H and O–H groups in total. The van der Waals surface area contributed by atoms with Gasteiger partial charge in [-0.2, -0.15) is 0 Å². The number of nitrogens with one attached hydrogen (secondary N) is 1. The highest BCUT2D eigenvalue weighted by molar-refractivity contribution is 8.01. The second-order valence-corrected chi connectivity index (χ2v) is 7.21. The van der Waals surface area contributed by atoms with Crippen molar-refractivity contribution in [3.05, 3.63) is 48.5 Å². The highest BCUT2D eigenvalue weighted by Gasteiger charge is 2.39. The van der Waals surface area contributed by atoms with Crippen LogP contribution in [0.3, 0.4) is 0 Å². The van der Waals surface area contributed by atoms with Crippen molar-refractivity contribution in [1.82, 2.24) is 0 Å². The molecule has 1 atom stereocenters. The lowest BCUT2D eigenvalue weighted by Gasteiger charge is -2.14. The van der Waals surface area contributed by atoms with Gasteiger partial charge in [0.1, 0.15) is 0 Å². The molecule has 2 aromatic rings. The Morgan fingerprint density at radius 3 is 2.70 bits per heavy atom. The second-order valence-electron chi connectivity index (χ2n) is 6.02. The Morgan fingerprint density at radius 1 is 1.11 bits per heavy atom. The number of rotatable bonds is 5. The molecule has 1 saturated heterocycles. The van der Waals surface area contributed by atoms with Crippen molar-refractivity contribution in [2.45, 2.75) is 11.7 Å². The van der Waals surface area contributed by atoms with Gasteiger partial charge in [0, 0.05) is 18.2 Å². The molecular weight excluding hydrogens is 368 g/mol. The number of nitrogens with zero attached hydrogens (tertiary/aromatic N) is 1. The number of ether oxygens (including phenoxy) is 2. The van der Waals surface area contributed by atoms with Gasteiger partial charge in [-0.05, 0) is 24.3 Å². The third-order valence-electron chi connectivity index (χ3n) is 4.19. The minimum Gasteiger partial charge on any atom is -0.454 e. The average Bonchev–Trinajstić information content (AvgIpc) is 3.24. The van der Waals surface area contributed by atoms with Crippen LogP contribution in [-0.2, 0) is 14.4 Å². The number of fused-ring (bicyclic) bond motifs is 1. The Balaban J connectivity index is 1.34. The number of hydrogen-bond acceptors (Lipinski definition) is 6. The largest absolute Gasteiger partial charge is 0.454 e. The van der Waals surface area contributed by atoms with Crippen LogP contribution in [0.25, 0.3) is 0 Å². The summed E-state index contributed by atoms with van der Waals surface area (Å²) in [6.07, 6.45) is 0.0930. The molecule has 7 nitrogen and oxygen atoms in total. The molecule has 0 unspecified atom stereocenters. The summed E-state index contributed by atoms with van der Waals surface area (Å²) in [6, 6.07) is 13.9. The zero-order valence-corrected chi connectivity index (χ0v) is 15.0. The first-order valence-electron chi connectivity index (χ1n) is 8.35. The first-order chi connectivity index (χ1) is 13.1. The fraction of sp³-hybridized carbons (Fsp3) is 0.211. The van der Waals surface area contributed by atoms with Gasteiger partial charge in [0.25, 0.3) is 0 Å². The van der Waals surface area contributed by atoms with E-state index in [4.69, 9.17) is 9.47 Å². The normalized spacial score (nSPS) is 18.1. The first-order valence-corrected chi connectivity index (χ1v) is 9.39. The molecule has 2 aliphatic heterocycles. The molecule has 27 heavy (non-hydrogen) atoms. The van der Waals surface area contributed by atoms with Crippen LogP contribution in [0, 0.1) is 0 Å². The van der Waals surface area contributed by atoms with E-state index in [0.29, 0.717) is 22.9 Å². The average molecular weight is 384 g/mol. The zero-order valence-electron chi connectivity index (χ0n) is 14.2. The molecule has 0 aromatic heterocycles. The van der Waals surface area contributed by atoms with E-state index in [0.717, 1.165) is 0 Å². The van der Waals surface area contributed by atoms with Gasteiger partial charge in [-0.25, -0.2) is 4.90 Å². The van der Waals surface area contributed by atoms with E-state index in [2.05, 4.69) is 5.32 Å². The highest BCUT2D eigenvalue weighted by Crippen LogP contribution is 2.34. The molecule has 0 radical (unpaired) electrons. The number of para-hydroxylation sites is 1. The van der Waals surface area contributed by atoms with E-state index < -0.39 is 5.25 Å². The number of carbonyl (C=O) groups is 3. The lowest BCUT2D eigenvalue weighted by atomic mass is 10.3. The van der Waals surface area contributed by atoms with Crippen molar-refractivity contribution in [1.29, 1.82) is 0 Å². The van der Waals surface area contributed by atoms with Crippen LogP contribution in [-0.4, -0.2) is 35.5 Å². The Kier molecular flexibility index (Phi) is 4.72. The van der Waals surface area contributed by atoms with Crippen molar-refractivity contribution in [2.24, 2.45) is 0 Å². The van der Waals surface area contributed by atoms with Gasteiger partial charge in [0.2, 0.25) is 24.5 Å². The summed E-state index contributed by atoms with van der Waals surface area (Å²) in [5.41, 5.74) is 1.14. The van der Waals surface area contributed by atoms with Gasteiger partial charge in [-0.15, -0.1) is 11.8 Å². The van der Waals surface area contributed by atoms with Crippen LogP contribution < -0.4 is 19.7 Å². The minimum absolute atomic E-state index is 0.0702. The van der Waals surface area contributed by atoms with E-state index in [9.17, 15) is 14.4 Å². The van der Waals surface area contributed by atoms with E-state index in [1.807, 2.05) is 6.07 Å². The predicted octanol–water partition coefficient (Wildman–Crippen LogP) is 2.42. The van der Waals surface area contributed by atoms with E-state index in [1.165, 1.54) is 16.7 Å². The Labute approximate surface area is 159 Å². The van der Waals surface area contributed by atoms with Crippen LogP contribution in [0.4, 0.5) is 11.4 Å². The fourth-order valence-electron chi connectivity index (χ4n) is 2.93. The van der Waals surface area contributed by atoms with Crippen molar-refractivity contribution >= 4 is 40.9 Å². The number of carbonyl (C=O) groups excluding carboxylic acids is 3. The minimum atomic E-state index is -0.555. The van der Waals surface area contributed by atoms with Crippen LogP contribution in [0.5, 0.6) is 11.5 Å². The van der Waals surface area contributed by atoms with Crippen molar-refractivity contribution in [3.8, 4) is 11.5 Å². The molecule has 1 fully saturated rings. The lowest BCUT2D eigenvalue weighted by Crippen LogP contribution is -2.31. The topological polar surface area (TPSA) is 84.9 Å². The molecule has 0 saturated carbocycles. The maximum absolute atomic E-state index is 12.5. The molecule has 8 heteroatoms. The van der Waals surface area contributed by atoms with Gasteiger partial charge in [-0.3, -0.25) is 14.4 Å². The number of benzene rings is 2. The summed E-state index contributed by atoms with van der Waals surface area (Å²) >= 11 is 1.17. The highest BCUT2D eigenvalue weighted by atomic mass is 32.2. The number of anilines is 2. The summed E-state index contributed by atoms with van der Waals surface area (Å²) in [6.45, 7) is 0.165. The van der Waals surface area contributed by atoms with Gasteiger partial charge >= 0.3 is 0 Å². The van der Waals surface area contributed by atoms with Gasteiger partial charge in [-0.1, -0.05) is 18.2 Å². The monoisotopic (exact) mass is 384 g/mol. The predicted molar refractivity (Wildman–Crippen MR) is 101 cm³/mol. The van der Waals surface area contributed by atoms with Crippen LogP contribution in [0.1, 0.15) is 6.42 Å². The van der Waals surface area contributed by atoms with E-state index in [1.54, 1.807) is 42.5 Å². The summed E-state index contributed by atoms with van der Waals surface area (Å²) < 4.78 is 10.5. The fourth-order valence-corrected chi connectivity index (χ4v) is 3.86. The molecule has 0 bridgehead atoms. The van der Waals surface area contributed by atoms with E-state index in [-0.39, 0.29) is 36.7 Å². The summed E-state index contributed by atoms with van der Waals surface area (Å²) in [7, 11) is 0. The summed E-state index contributed by atoms with van der Waals surface area (Å²) in [5, 5.41) is 2.20. The first kappa shape index (κ1) is 17.4. The van der Waals surface area contributed by atoms with Gasteiger partial charge in [0.15, 0.2) is 11.5 Å². The number of imide groups is 1. The van der Waals surface area contributed by atoms with Crippen LogP contribution >= 0.6 is 11.8 Å². The van der Waals surface area contributed by atoms with Gasteiger partial charge < -0.3 is 14.8 Å². The molecule has 4 rings (SSSR count). The summed E-state index contributed by atoms with van der Waals surface area (Å²) in [5.74, 6) is 0.499. The molecule has 2 aromatic carbocycles. The lowest BCUT2D eigenvalue weighted by molar-refractivity contribution is -0.121. The van der Waals surface area contributed by atoms with Crippen LogP contribution in [0.15, 0.2) is 48.5 Å². The number of hydrogen-bond donors (Lipinski definition) is 1. The third-order valence-corrected chi connectivity index (χ3v) is 5.39. The second kappa shape index (κ2) is 7.32. The quantitative estimate of drug-likeness (QED) is 0.797. The third kappa shape index (κ3) is 3.61. The van der Waals surface area contributed by atoms with Gasteiger partial charge in [0.05, 0.1) is 16.7 Å². The standard InChI is InChI=1S/C19H16N2O5S/c22-17(20-12-6-7-14-15(8-12)26-11-25-14)10-27-16-9-18(23)21(19(16)24)13-4-2-1-3-5-13/h1-8,16H,9-11H2,(H,20,22)/t16-/m1/s1. The summed E-state index contributed by atoms with van der Waals surface area (Å²) in [4.78, 5) is 38.1. The Hall–Kier alpha value is -3.00. The molecule has 3 amide bonds. The molecule has 2 aliphatic rings. The van der Waals surface area contributed by atoms with E-state index >= 15 is 0 Å². The Morgan fingerprint density at radius 2 is 1.89 bits per heavy atom.